The molecule has 2 N–H and O–H groups in total. The molecule has 0 aliphatic rings. The summed E-state index contributed by atoms with van der Waals surface area (Å²) in [6.45, 7) is 1.54. The number of imidazole rings is 1. The number of anilines is 2. The average Bonchev–Trinajstić information content (AvgIpc) is 2.88. The van der Waals surface area contributed by atoms with E-state index in [2.05, 4.69) is 25.3 Å². The Balaban J connectivity index is 0.00000147. The van der Waals surface area contributed by atoms with Gasteiger partial charge < -0.3 is 10.3 Å². The molecule has 0 saturated heterocycles. The van der Waals surface area contributed by atoms with Gasteiger partial charge in [-0.2, -0.15) is 0 Å². The number of ketones is 1. The van der Waals surface area contributed by atoms with E-state index in [0.717, 1.165) is 11.2 Å². The van der Waals surface area contributed by atoms with Gasteiger partial charge in [-0.25, -0.2) is 15.0 Å². The molecule has 3 aromatic rings. The van der Waals surface area contributed by atoms with Gasteiger partial charge in [-0.15, -0.1) is 12.4 Å². The standard InChI is InChI=1S/C13H11N5O.ClH/c1-8(19)9-3-2-4-10(5-9)18-13-11-12(15-6-14-11)16-7-17-13;/h2-7H,1H3,(H2,14,15,16,17,18);1H. The van der Waals surface area contributed by atoms with Crippen molar-refractivity contribution in [2.75, 3.05) is 5.32 Å². The number of carbonyl (C=O) groups is 1. The summed E-state index contributed by atoms with van der Waals surface area (Å²) in [5.41, 5.74) is 2.78. The van der Waals surface area contributed by atoms with Gasteiger partial charge in [-0.3, -0.25) is 4.79 Å². The van der Waals surface area contributed by atoms with E-state index in [9.17, 15) is 4.79 Å². The third-order valence-electron chi connectivity index (χ3n) is 2.75. The van der Waals surface area contributed by atoms with E-state index < -0.39 is 0 Å². The third-order valence-corrected chi connectivity index (χ3v) is 2.75. The van der Waals surface area contributed by atoms with Crippen molar-refractivity contribution in [3.05, 3.63) is 42.5 Å². The Morgan fingerprint density at radius 1 is 1.25 bits per heavy atom. The van der Waals surface area contributed by atoms with E-state index in [4.69, 9.17) is 0 Å². The van der Waals surface area contributed by atoms with Gasteiger partial charge in [-0.05, 0) is 19.1 Å². The second kappa shape index (κ2) is 5.66. The number of fused-ring (bicyclic) bond motifs is 1. The molecular formula is C13H12ClN5O. The Labute approximate surface area is 121 Å². The Hall–Kier alpha value is -2.47. The van der Waals surface area contributed by atoms with Crippen LogP contribution in [-0.4, -0.2) is 25.7 Å². The largest absolute Gasteiger partial charge is 0.340 e. The van der Waals surface area contributed by atoms with Gasteiger partial charge >= 0.3 is 0 Å². The first-order valence-corrected chi connectivity index (χ1v) is 5.76. The molecule has 0 saturated carbocycles. The van der Waals surface area contributed by atoms with E-state index in [1.54, 1.807) is 18.5 Å². The molecule has 6 nitrogen and oxygen atoms in total. The number of hydrogen-bond donors (Lipinski definition) is 2. The monoisotopic (exact) mass is 289 g/mol. The molecule has 7 heteroatoms. The van der Waals surface area contributed by atoms with Crippen LogP contribution in [0, 0.1) is 0 Å². The van der Waals surface area contributed by atoms with E-state index >= 15 is 0 Å². The number of hydrogen-bond acceptors (Lipinski definition) is 5. The number of H-pyrrole nitrogens is 1. The fourth-order valence-corrected chi connectivity index (χ4v) is 1.81. The summed E-state index contributed by atoms with van der Waals surface area (Å²) in [6, 6.07) is 7.26. The van der Waals surface area contributed by atoms with Crippen molar-refractivity contribution >= 4 is 40.9 Å². The van der Waals surface area contributed by atoms with Crippen LogP contribution in [0.2, 0.25) is 0 Å². The highest BCUT2D eigenvalue weighted by molar-refractivity contribution is 5.95. The number of aromatic amines is 1. The maximum absolute atomic E-state index is 11.4. The fraction of sp³-hybridized carbons (Fsp3) is 0.0769. The zero-order chi connectivity index (χ0) is 13.2. The Morgan fingerprint density at radius 2 is 2.10 bits per heavy atom. The average molecular weight is 290 g/mol. The Bertz CT molecular complexity index is 755. The second-order valence-corrected chi connectivity index (χ2v) is 4.09. The molecule has 0 fully saturated rings. The lowest BCUT2D eigenvalue weighted by atomic mass is 10.1. The van der Waals surface area contributed by atoms with Crippen LogP contribution in [0.5, 0.6) is 0 Å². The normalized spacial score (nSPS) is 10.1. The van der Waals surface area contributed by atoms with Gasteiger partial charge in [0.15, 0.2) is 17.2 Å². The number of Topliss-reactive ketones (excluding diaryl/α,β-unsaturated/α-hetero) is 1. The number of nitrogens with zero attached hydrogens (tertiary/aromatic N) is 3. The van der Waals surface area contributed by atoms with Crippen molar-refractivity contribution in [3.63, 3.8) is 0 Å². The van der Waals surface area contributed by atoms with Crippen molar-refractivity contribution in [1.29, 1.82) is 0 Å². The summed E-state index contributed by atoms with van der Waals surface area (Å²) in [5, 5.41) is 3.15. The van der Waals surface area contributed by atoms with Crippen molar-refractivity contribution in [3.8, 4) is 0 Å². The first-order chi connectivity index (χ1) is 9.24. The SMILES string of the molecule is CC(=O)c1cccc(Nc2ncnc3nc[nH]c23)c1.Cl. The summed E-state index contributed by atoms with van der Waals surface area (Å²) in [4.78, 5) is 26.6. The zero-order valence-electron chi connectivity index (χ0n) is 10.6. The molecular weight excluding hydrogens is 278 g/mol. The molecule has 0 bridgehead atoms. The van der Waals surface area contributed by atoms with E-state index in [1.165, 1.54) is 13.3 Å². The number of halogens is 1. The predicted molar refractivity (Wildman–Crippen MR) is 78.7 cm³/mol. The second-order valence-electron chi connectivity index (χ2n) is 4.09. The Morgan fingerprint density at radius 3 is 2.90 bits per heavy atom. The molecule has 0 amide bonds. The molecule has 0 atom stereocenters. The molecule has 0 aliphatic heterocycles. The summed E-state index contributed by atoms with van der Waals surface area (Å²) in [6.07, 6.45) is 3.01. The molecule has 0 unspecified atom stereocenters. The lowest BCUT2D eigenvalue weighted by Crippen LogP contribution is -1.98. The maximum atomic E-state index is 11.4. The highest BCUT2D eigenvalue weighted by Crippen LogP contribution is 2.20. The van der Waals surface area contributed by atoms with Gasteiger partial charge in [0, 0.05) is 11.3 Å². The molecule has 1 aromatic carbocycles. The smallest absolute Gasteiger partial charge is 0.182 e. The van der Waals surface area contributed by atoms with Crippen LogP contribution in [0.4, 0.5) is 11.5 Å². The summed E-state index contributed by atoms with van der Waals surface area (Å²) >= 11 is 0. The topological polar surface area (TPSA) is 83.6 Å². The lowest BCUT2D eigenvalue weighted by molar-refractivity contribution is 0.101. The van der Waals surface area contributed by atoms with Crippen molar-refractivity contribution in [2.24, 2.45) is 0 Å². The van der Waals surface area contributed by atoms with Crippen LogP contribution in [0.1, 0.15) is 17.3 Å². The first kappa shape index (κ1) is 14.0. The summed E-state index contributed by atoms with van der Waals surface area (Å²) in [5.74, 6) is 0.654. The molecule has 2 heterocycles. The van der Waals surface area contributed by atoms with Crippen LogP contribution < -0.4 is 5.32 Å². The minimum absolute atomic E-state index is 0. The lowest BCUT2D eigenvalue weighted by Gasteiger charge is -2.06. The van der Waals surface area contributed by atoms with Crippen LogP contribution in [0.25, 0.3) is 11.2 Å². The minimum Gasteiger partial charge on any atom is -0.340 e. The zero-order valence-corrected chi connectivity index (χ0v) is 11.4. The van der Waals surface area contributed by atoms with Crippen molar-refractivity contribution in [1.82, 2.24) is 19.9 Å². The third kappa shape index (κ3) is 2.60. The maximum Gasteiger partial charge on any atom is 0.182 e. The molecule has 0 spiro atoms. The van der Waals surface area contributed by atoms with Gasteiger partial charge in [0.2, 0.25) is 0 Å². The number of carbonyl (C=O) groups excluding carboxylic acids is 1. The highest BCUT2D eigenvalue weighted by atomic mass is 35.5. The number of rotatable bonds is 3. The molecule has 3 rings (SSSR count). The Kier molecular flexibility index (Phi) is 3.95. The number of benzene rings is 1. The van der Waals surface area contributed by atoms with Crippen molar-refractivity contribution < 1.29 is 4.79 Å². The predicted octanol–water partition coefficient (Wildman–Crippen LogP) is 2.72. The summed E-state index contributed by atoms with van der Waals surface area (Å²) < 4.78 is 0. The molecule has 0 aliphatic carbocycles. The van der Waals surface area contributed by atoms with Gasteiger partial charge in [0.05, 0.1) is 6.33 Å². The van der Waals surface area contributed by atoms with Gasteiger partial charge in [0.1, 0.15) is 11.8 Å². The quantitative estimate of drug-likeness (QED) is 0.724. The number of aromatic nitrogens is 4. The van der Waals surface area contributed by atoms with Crippen LogP contribution >= 0.6 is 12.4 Å². The molecule has 0 radical (unpaired) electrons. The van der Waals surface area contributed by atoms with Gasteiger partial charge in [0.25, 0.3) is 0 Å². The van der Waals surface area contributed by atoms with Gasteiger partial charge in [-0.1, -0.05) is 12.1 Å². The van der Waals surface area contributed by atoms with E-state index in [1.807, 2.05) is 12.1 Å². The molecule has 20 heavy (non-hydrogen) atoms. The highest BCUT2D eigenvalue weighted by Gasteiger charge is 2.06. The minimum atomic E-state index is 0. The fourth-order valence-electron chi connectivity index (χ4n) is 1.81. The van der Waals surface area contributed by atoms with E-state index in [-0.39, 0.29) is 18.2 Å². The molecule has 2 aromatic heterocycles. The van der Waals surface area contributed by atoms with E-state index in [0.29, 0.717) is 17.0 Å². The van der Waals surface area contributed by atoms with Crippen LogP contribution in [0.15, 0.2) is 36.9 Å². The van der Waals surface area contributed by atoms with Crippen LogP contribution in [0.3, 0.4) is 0 Å². The first-order valence-electron chi connectivity index (χ1n) is 5.76. The van der Waals surface area contributed by atoms with Crippen molar-refractivity contribution in [2.45, 2.75) is 6.92 Å². The molecule has 102 valence electrons. The number of nitrogens with one attached hydrogen (secondary N) is 2. The van der Waals surface area contributed by atoms with Crippen LogP contribution in [-0.2, 0) is 0 Å². The summed E-state index contributed by atoms with van der Waals surface area (Å²) in [7, 11) is 0.